The van der Waals surface area contributed by atoms with Crippen LogP contribution in [0.25, 0.3) is 10.9 Å². The Bertz CT molecular complexity index is 817. The quantitative estimate of drug-likeness (QED) is 0.688. The second-order valence-corrected chi connectivity index (χ2v) is 6.07. The van der Waals surface area contributed by atoms with E-state index in [1.54, 1.807) is 6.92 Å². The molecule has 3 rings (SSSR count). The first kappa shape index (κ1) is 16.8. The fraction of sp³-hybridized carbons (Fsp3) is 0.278. The summed E-state index contributed by atoms with van der Waals surface area (Å²) >= 11 is 0. The van der Waals surface area contributed by atoms with Crippen LogP contribution in [-0.2, 0) is 11.3 Å². The van der Waals surface area contributed by atoms with Crippen molar-refractivity contribution in [2.24, 2.45) is 5.73 Å². The number of fused-ring (bicyclic) bond motifs is 1. The van der Waals surface area contributed by atoms with Gasteiger partial charge in [0.05, 0.1) is 12.1 Å². The number of carbonyl (C=O) groups excluding carboxylic acids is 1. The monoisotopic (exact) mass is 338 g/mol. The van der Waals surface area contributed by atoms with Gasteiger partial charge in [0.15, 0.2) is 5.82 Å². The van der Waals surface area contributed by atoms with Gasteiger partial charge in [0, 0.05) is 30.9 Å². The number of amides is 1. The van der Waals surface area contributed by atoms with Crippen LogP contribution in [0, 0.1) is 0 Å². The van der Waals surface area contributed by atoms with E-state index in [-0.39, 0.29) is 0 Å². The number of nitrogens with two attached hydrogens (primary N) is 1. The van der Waals surface area contributed by atoms with Crippen molar-refractivity contribution in [2.75, 3.05) is 18.4 Å². The van der Waals surface area contributed by atoms with Crippen LogP contribution in [0.4, 0.5) is 5.82 Å². The SMILES string of the molecule is C=C(C)[C@H](Nc1nc(CN2C=CNCC2)nc2ccccc12)C(N)=O. The maximum Gasteiger partial charge on any atom is 0.244 e. The van der Waals surface area contributed by atoms with E-state index in [1.807, 2.05) is 36.7 Å². The molecule has 1 aliphatic heterocycles. The van der Waals surface area contributed by atoms with Gasteiger partial charge < -0.3 is 21.3 Å². The Morgan fingerprint density at radius 3 is 2.92 bits per heavy atom. The van der Waals surface area contributed by atoms with Crippen LogP contribution in [0.2, 0.25) is 0 Å². The van der Waals surface area contributed by atoms with Crippen molar-refractivity contribution >= 4 is 22.6 Å². The molecule has 0 bridgehead atoms. The van der Waals surface area contributed by atoms with Gasteiger partial charge in [-0.25, -0.2) is 9.97 Å². The van der Waals surface area contributed by atoms with Crippen molar-refractivity contribution in [1.82, 2.24) is 20.2 Å². The smallest absolute Gasteiger partial charge is 0.244 e. The van der Waals surface area contributed by atoms with Gasteiger partial charge >= 0.3 is 0 Å². The molecule has 0 saturated carbocycles. The van der Waals surface area contributed by atoms with Crippen molar-refractivity contribution in [3.8, 4) is 0 Å². The molecule has 25 heavy (non-hydrogen) atoms. The van der Waals surface area contributed by atoms with Crippen molar-refractivity contribution < 1.29 is 4.79 Å². The topological polar surface area (TPSA) is 96.2 Å². The largest absolute Gasteiger partial charge is 0.388 e. The Labute approximate surface area is 146 Å². The highest BCUT2D eigenvalue weighted by Gasteiger charge is 2.19. The average molecular weight is 338 g/mol. The van der Waals surface area contributed by atoms with Crippen LogP contribution >= 0.6 is 0 Å². The third-order valence-corrected chi connectivity index (χ3v) is 4.00. The van der Waals surface area contributed by atoms with Crippen molar-refractivity contribution in [1.29, 1.82) is 0 Å². The van der Waals surface area contributed by atoms with Gasteiger partial charge in [-0.1, -0.05) is 18.7 Å². The summed E-state index contributed by atoms with van der Waals surface area (Å²) in [5.74, 6) is 0.783. The molecule has 130 valence electrons. The van der Waals surface area contributed by atoms with Gasteiger partial charge in [-0.15, -0.1) is 0 Å². The minimum Gasteiger partial charge on any atom is -0.388 e. The van der Waals surface area contributed by atoms with Gasteiger partial charge in [0.1, 0.15) is 11.9 Å². The maximum absolute atomic E-state index is 11.7. The third-order valence-electron chi connectivity index (χ3n) is 4.00. The van der Waals surface area contributed by atoms with Crippen molar-refractivity contribution in [3.63, 3.8) is 0 Å². The zero-order valence-electron chi connectivity index (χ0n) is 14.2. The number of para-hydroxylation sites is 1. The molecule has 1 atom stereocenters. The summed E-state index contributed by atoms with van der Waals surface area (Å²) in [6.45, 7) is 7.95. The molecule has 0 radical (unpaired) electrons. The summed E-state index contributed by atoms with van der Waals surface area (Å²) < 4.78 is 0. The van der Waals surface area contributed by atoms with E-state index >= 15 is 0 Å². The number of nitrogens with zero attached hydrogens (tertiary/aromatic N) is 3. The van der Waals surface area contributed by atoms with E-state index in [2.05, 4.69) is 32.1 Å². The van der Waals surface area contributed by atoms with Crippen LogP contribution in [0.5, 0.6) is 0 Å². The van der Waals surface area contributed by atoms with Gasteiger partial charge in [0.2, 0.25) is 5.91 Å². The molecule has 2 heterocycles. The summed E-state index contributed by atoms with van der Waals surface area (Å²) in [4.78, 5) is 23.1. The fourth-order valence-corrected chi connectivity index (χ4v) is 2.72. The van der Waals surface area contributed by atoms with Crippen molar-refractivity contribution in [2.45, 2.75) is 19.5 Å². The molecule has 7 nitrogen and oxygen atoms in total. The lowest BCUT2D eigenvalue weighted by molar-refractivity contribution is -0.118. The second-order valence-electron chi connectivity index (χ2n) is 6.07. The molecular formula is C18H22N6O. The van der Waals surface area contributed by atoms with Crippen LogP contribution in [0.15, 0.2) is 48.8 Å². The number of hydrogen-bond donors (Lipinski definition) is 3. The zero-order valence-corrected chi connectivity index (χ0v) is 14.2. The predicted octanol–water partition coefficient (Wildman–Crippen LogP) is 1.35. The highest BCUT2D eigenvalue weighted by Crippen LogP contribution is 2.22. The molecule has 0 spiro atoms. The predicted molar refractivity (Wildman–Crippen MR) is 98.5 cm³/mol. The van der Waals surface area contributed by atoms with Crippen molar-refractivity contribution in [3.05, 3.63) is 54.6 Å². The first-order chi connectivity index (χ1) is 12.0. The molecule has 1 amide bonds. The number of primary amides is 1. The third kappa shape index (κ3) is 3.88. The number of aromatic nitrogens is 2. The first-order valence-corrected chi connectivity index (χ1v) is 8.15. The van der Waals surface area contributed by atoms with Crippen LogP contribution in [0.1, 0.15) is 12.7 Å². The van der Waals surface area contributed by atoms with E-state index < -0.39 is 11.9 Å². The fourth-order valence-electron chi connectivity index (χ4n) is 2.72. The lowest BCUT2D eigenvalue weighted by Crippen LogP contribution is -2.36. The maximum atomic E-state index is 11.7. The Kier molecular flexibility index (Phi) is 4.83. The molecule has 0 fully saturated rings. The van der Waals surface area contributed by atoms with Gasteiger partial charge in [-0.3, -0.25) is 4.79 Å². The number of carbonyl (C=O) groups is 1. The highest BCUT2D eigenvalue weighted by molar-refractivity contribution is 5.93. The number of hydrogen-bond acceptors (Lipinski definition) is 6. The molecule has 7 heteroatoms. The summed E-state index contributed by atoms with van der Waals surface area (Å²) in [6, 6.07) is 7.01. The standard InChI is InChI=1S/C18H22N6O/c1-12(2)16(17(19)25)23-18-13-5-3-4-6-14(13)21-15(22-18)11-24-9-7-20-8-10-24/h3-7,9,16,20H,1,8,10-11H2,2H3,(H2,19,25)(H,21,22,23)/t16-/m0/s1. The molecule has 0 saturated heterocycles. The average Bonchev–Trinajstić information content (AvgIpc) is 2.59. The molecule has 1 aromatic heterocycles. The minimum atomic E-state index is -0.676. The van der Waals surface area contributed by atoms with Crippen LogP contribution in [0.3, 0.4) is 0 Å². The molecule has 0 unspecified atom stereocenters. The van der Waals surface area contributed by atoms with E-state index in [1.165, 1.54) is 0 Å². The van der Waals surface area contributed by atoms with Crippen LogP contribution in [-0.4, -0.2) is 39.9 Å². The molecule has 1 aliphatic rings. The molecule has 2 aromatic rings. The normalized spacial score (nSPS) is 14.8. The van der Waals surface area contributed by atoms with E-state index in [4.69, 9.17) is 5.73 Å². The second kappa shape index (κ2) is 7.21. The van der Waals surface area contributed by atoms with Gasteiger partial charge in [0.25, 0.3) is 0 Å². The Morgan fingerprint density at radius 2 is 2.24 bits per heavy atom. The Balaban J connectivity index is 1.97. The summed E-state index contributed by atoms with van der Waals surface area (Å²) in [5, 5.41) is 7.12. The number of anilines is 1. The Morgan fingerprint density at radius 1 is 1.44 bits per heavy atom. The number of benzene rings is 1. The zero-order chi connectivity index (χ0) is 17.8. The molecule has 1 aromatic carbocycles. The van der Waals surface area contributed by atoms with E-state index in [9.17, 15) is 4.79 Å². The lowest BCUT2D eigenvalue weighted by Gasteiger charge is -2.24. The van der Waals surface area contributed by atoms with Gasteiger partial charge in [-0.05, 0) is 24.6 Å². The highest BCUT2D eigenvalue weighted by atomic mass is 16.1. The molecule has 4 N–H and O–H groups in total. The molecule has 0 aliphatic carbocycles. The van der Waals surface area contributed by atoms with E-state index in [0.717, 1.165) is 24.0 Å². The summed E-state index contributed by atoms with van der Waals surface area (Å²) in [7, 11) is 0. The van der Waals surface area contributed by atoms with Gasteiger partial charge in [-0.2, -0.15) is 0 Å². The minimum absolute atomic E-state index is 0.484. The lowest BCUT2D eigenvalue weighted by atomic mass is 10.1. The Hall–Kier alpha value is -3.09. The summed E-state index contributed by atoms with van der Waals surface area (Å²) in [5.41, 5.74) is 6.95. The van der Waals surface area contributed by atoms with Crippen LogP contribution < -0.4 is 16.4 Å². The first-order valence-electron chi connectivity index (χ1n) is 8.15. The van der Waals surface area contributed by atoms with E-state index in [0.29, 0.717) is 23.8 Å². The summed E-state index contributed by atoms with van der Waals surface area (Å²) in [6.07, 6.45) is 3.89. The number of rotatable bonds is 6. The molecular weight excluding hydrogens is 316 g/mol. The number of nitrogens with one attached hydrogen (secondary N) is 2.